The third-order valence-electron chi connectivity index (χ3n) is 7.02. The summed E-state index contributed by atoms with van der Waals surface area (Å²) in [5.41, 5.74) is 0.802. The number of pyridine rings is 2. The summed E-state index contributed by atoms with van der Waals surface area (Å²) in [5.74, 6) is -0.607. The van der Waals surface area contributed by atoms with Gasteiger partial charge in [0.1, 0.15) is 18.0 Å². The summed E-state index contributed by atoms with van der Waals surface area (Å²) in [5, 5.41) is 9.54. The van der Waals surface area contributed by atoms with Crippen LogP contribution in [0, 0.1) is 0 Å². The molecule has 0 radical (unpaired) electrons. The second-order valence-corrected chi connectivity index (χ2v) is 10.4. The fourth-order valence-electron chi connectivity index (χ4n) is 4.79. The Labute approximate surface area is 262 Å². The lowest BCUT2D eigenvalue weighted by atomic mass is 10.2. The fraction of sp³-hybridized carbons (Fsp3) is 0.250. The van der Waals surface area contributed by atoms with Gasteiger partial charge in [-0.1, -0.05) is 36.4 Å². The summed E-state index contributed by atoms with van der Waals surface area (Å²) in [4.78, 5) is 48.2. The molecule has 1 saturated heterocycles. The van der Waals surface area contributed by atoms with Crippen LogP contribution in [0.1, 0.15) is 32.8 Å². The molecule has 0 bridgehead atoms. The van der Waals surface area contributed by atoms with Crippen molar-refractivity contribution < 1.29 is 23.1 Å². The van der Waals surface area contributed by atoms with Crippen LogP contribution in [-0.4, -0.2) is 68.1 Å². The maximum Gasteiger partial charge on any atom is 0.271 e. The van der Waals surface area contributed by atoms with Gasteiger partial charge in [0.15, 0.2) is 17.1 Å². The Balaban J connectivity index is 0.000000624. The SMILES string of the molecule is Cn1cc(OCc2ccccc2)c(=O)c(C(=O)N[C@H]2CCN(c3ccc4ncc(C(=O)NCC(F)F)n4n3)C2)c1.c1ccncc1. The van der Waals surface area contributed by atoms with Gasteiger partial charge in [0, 0.05) is 51.0 Å². The van der Waals surface area contributed by atoms with Crippen LogP contribution in [-0.2, 0) is 13.7 Å². The smallest absolute Gasteiger partial charge is 0.271 e. The zero-order valence-corrected chi connectivity index (χ0v) is 24.9. The Morgan fingerprint density at radius 3 is 2.48 bits per heavy atom. The molecule has 46 heavy (non-hydrogen) atoms. The first-order valence-electron chi connectivity index (χ1n) is 14.5. The monoisotopic (exact) mass is 630 g/mol. The molecule has 1 aliphatic heterocycles. The molecule has 238 valence electrons. The number of nitrogens with one attached hydrogen (secondary N) is 2. The lowest BCUT2D eigenvalue weighted by Gasteiger charge is -2.18. The van der Waals surface area contributed by atoms with Gasteiger partial charge in [-0.05, 0) is 36.2 Å². The second kappa shape index (κ2) is 14.9. The molecule has 0 unspecified atom stereocenters. The van der Waals surface area contributed by atoms with E-state index in [1.807, 2.05) is 53.4 Å². The van der Waals surface area contributed by atoms with Crippen LogP contribution in [0.2, 0.25) is 0 Å². The van der Waals surface area contributed by atoms with Gasteiger partial charge in [-0.15, -0.1) is 5.10 Å². The molecule has 6 rings (SSSR count). The molecule has 5 aromatic rings. The minimum Gasteiger partial charge on any atom is -0.483 e. The first-order valence-corrected chi connectivity index (χ1v) is 14.5. The van der Waals surface area contributed by atoms with Crippen molar-refractivity contribution >= 4 is 23.3 Å². The zero-order chi connectivity index (χ0) is 32.5. The zero-order valence-electron chi connectivity index (χ0n) is 24.9. The van der Waals surface area contributed by atoms with Crippen LogP contribution in [0.4, 0.5) is 14.6 Å². The van der Waals surface area contributed by atoms with E-state index in [0.717, 1.165) is 5.56 Å². The number of alkyl halides is 2. The van der Waals surface area contributed by atoms with Gasteiger partial charge in [-0.25, -0.2) is 18.3 Å². The Kier molecular flexibility index (Phi) is 10.3. The largest absolute Gasteiger partial charge is 0.483 e. The van der Waals surface area contributed by atoms with E-state index < -0.39 is 30.2 Å². The van der Waals surface area contributed by atoms with E-state index in [9.17, 15) is 23.2 Å². The van der Waals surface area contributed by atoms with Crippen molar-refractivity contribution in [2.75, 3.05) is 24.5 Å². The van der Waals surface area contributed by atoms with E-state index in [2.05, 4.69) is 25.7 Å². The van der Waals surface area contributed by atoms with Gasteiger partial charge in [0.25, 0.3) is 18.2 Å². The van der Waals surface area contributed by atoms with Crippen LogP contribution in [0.15, 0.2) is 96.4 Å². The fourth-order valence-corrected chi connectivity index (χ4v) is 4.79. The normalized spacial score (nSPS) is 14.1. The first kappa shape index (κ1) is 31.8. The number of carbonyl (C=O) groups is 2. The van der Waals surface area contributed by atoms with Gasteiger partial charge in [-0.2, -0.15) is 0 Å². The number of halogens is 2. The van der Waals surface area contributed by atoms with E-state index in [4.69, 9.17) is 4.74 Å². The van der Waals surface area contributed by atoms with Gasteiger partial charge in [-0.3, -0.25) is 19.4 Å². The predicted octanol–water partition coefficient (Wildman–Crippen LogP) is 3.09. The number of ether oxygens (including phenoxy) is 1. The molecule has 1 aromatic carbocycles. The number of anilines is 1. The van der Waals surface area contributed by atoms with Crippen molar-refractivity contribution in [1.82, 2.24) is 34.8 Å². The minimum absolute atomic E-state index is 0.0241. The molecule has 1 atom stereocenters. The summed E-state index contributed by atoms with van der Waals surface area (Å²) < 4.78 is 33.6. The quantitative estimate of drug-likeness (QED) is 0.254. The van der Waals surface area contributed by atoms with Gasteiger partial charge in [0.05, 0.1) is 12.7 Å². The van der Waals surface area contributed by atoms with Crippen molar-refractivity contribution in [3.63, 3.8) is 0 Å². The molecule has 1 fully saturated rings. The summed E-state index contributed by atoms with van der Waals surface area (Å²) in [6.07, 6.45) is 5.71. The van der Waals surface area contributed by atoms with Crippen LogP contribution in [0.5, 0.6) is 5.75 Å². The average molecular weight is 631 g/mol. The number of hydrogen-bond acceptors (Lipinski definition) is 8. The highest BCUT2D eigenvalue weighted by Crippen LogP contribution is 2.20. The number of hydrogen-bond donors (Lipinski definition) is 2. The maximum atomic E-state index is 13.1. The molecule has 12 nitrogen and oxygen atoms in total. The molecular formula is C32H32F2N8O4. The standard InChI is InChI=1S/C27H27F2N7O4.C5H5N/c1-34-14-19(25(37)21(15-34)40-16-17-5-3-2-4-6-17)26(38)32-18-9-10-35(13-18)24-8-7-23-30-11-20(36(23)33-24)27(39)31-12-22(28)29;1-2-4-6-5-3-1/h2-8,11,14-15,18,22H,9-10,12-13,16H2,1H3,(H,31,39)(H,32,38);1-5H/t18-;/m0./s1. The van der Waals surface area contributed by atoms with Gasteiger partial charge < -0.3 is 24.8 Å². The molecular weight excluding hydrogens is 598 g/mol. The van der Waals surface area contributed by atoms with Crippen molar-refractivity contribution in [3.8, 4) is 5.75 Å². The first-order chi connectivity index (χ1) is 22.3. The number of carbonyl (C=O) groups excluding carboxylic acids is 2. The molecule has 14 heteroatoms. The lowest BCUT2D eigenvalue weighted by molar-refractivity contribution is 0.0884. The van der Waals surface area contributed by atoms with Crippen LogP contribution in [0.25, 0.3) is 5.65 Å². The molecule has 0 saturated carbocycles. The van der Waals surface area contributed by atoms with E-state index in [0.29, 0.717) is 31.0 Å². The summed E-state index contributed by atoms with van der Waals surface area (Å²) in [6.45, 7) is 0.396. The van der Waals surface area contributed by atoms with E-state index in [1.54, 1.807) is 42.3 Å². The van der Waals surface area contributed by atoms with Crippen LogP contribution in [0.3, 0.4) is 0 Å². The van der Waals surface area contributed by atoms with Crippen molar-refractivity contribution in [3.05, 3.63) is 119 Å². The van der Waals surface area contributed by atoms with E-state index >= 15 is 0 Å². The van der Waals surface area contributed by atoms with E-state index in [1.165, 1.54) is 16.9 Å². The topological polar surface area (TPSA) is 136 Å². The summed E-state index contributed by atoms with van der Waals surface area (Å²) in [7, 11) is 1.71. The molecule has 0 spiro atoms. The summed E-state index contributed by atoms with van der Waals surface area (Å²) >= 11 is 0. The predicted molar refractivity (Wildman–Crippen MR) is 166 cm³/mol. The van der Waals surface area contributed by atoms with Crippen molar-refractivity contribution in [2.45, 2.75) is 25.5 Å². The Hall–Kier alpha value is -5.66. The van der Waals surface area contributed by atoms with Gasteiger partial charge >= 0.3 is 0 Å². The highest BCUT2D eigenvalue weighted by molar-refractivity contribution is 5.94. The number of nitrogens with zero attached hydrogens (tertiary/aromatic N) is 6. The number of rotatable bonds is 9. The van der Waals surface area contributed by atoms with Gasteiger partial charge in [0.2, 0.25) is 5.43 Å². The number of fused-ring (bicyclic) bond motifs is 1. The number of amides is 2. The number of imidazole rings is 1. The molecule has 0 aliphatic carbocycles. The minimum atomic E-state index is -2.67. The second-order valence-electron chi connectivity index (χ2n) is 10.4. The number of aromatic nitrogens is 5. The van der Waals surface area contributed by atoms with Crippen molar-refractivity contribution in [2.24, 2.45) is 7.05 Å². The number of aryl methyl sites for hydroxylation is 1. The Morgan fingerprint density at radius 2 is 1.78 bits per heavy atom. The third kappa shape index (κ3) is 8.08. The number of benzene rings is 1. The Bertz CT molecular complexity index is 1810. The Morgan fingerprint density at radius 1 is 1.02 bits per heavy atom. The molecule has 1 aliphatic rings. The highest BCUT2D eigenvalue weighted by atomic mass is 19.3. The molecule has 2 amide bonds. The van der Waals surface area contributed by atoms with E-state index in [-0.39, 0.29) is 29.7 Å². The maximum absolute atomic E-state index is 13.1. The van der Waals surface area contributed by atoms with Crippen LogP contribution < -0.4 is 25.7 Å². The lowest BCUT2D eigenvalue weighted by Crippen LogP contribution is -2.39. The average Bonchev–Trinajstić information content (AvgIpc) is 3.72. The van der Waals surface area contributed by atoms with Crippen LogP contribution >= 0.6 is 0 Å². The molecule has 2 N–H and O–H groups in total. The third-order valence-corrected chi connectivity index (χ3v) is 7.02. The summed E-state index contributed by atoms with van der Waals surface area (Å²) in [6, 6.07) is 18.3. The molecule has 5 heterocycles. The van der Waals surface area contributed by atoms with Crippen molar-refractivity contribution in [1.29, 1.82) is 0 Å². The highest BCUT2D eigenvalue weighted by Gasteiger charge is 2.27. The molecule has 4 aromatic heterocycles.